The van der Waals surface area contributed by atoms with Crippen LogP contribution in [0.5, 0.6) is 0 Å². The first-order chi connectivity index (χ1) is 8.76. The Balaban J connectivity index is 2.15. The van der Waals surface area contributed by atoms with Gasteiger partial charge in [-0.15, -0.1) is 0 Å². The Bertz CT molecular complexity index is 557. The smallest absolute Gasteiger partial charge is 0.307 e. The van der Waals surface area contributed by atoms with Gasteiger partial charge in [0, 0.05) is 0 Å². The van der Waals surface area contributed by atoms with Crippen molar-refractivity contribution in [3.63, 3.8) is 0 Å². The summed E-state index contributed by atoms with van der Waals surface area (Å²) in [6.07, 6.45) is 0. The maximum atomic E-state index is 12.1. The predicted octanol–water partition coefficient (Wildman–Crippen LogP) is 3.29. The summed E-state index contributed by atoms with van der Waals surface area (Å²) in [4.78, 5) is 23.1. The molecule has 0 saturated heterocycles. The Labute approximate surface area is 120 Å². The van der Waals surface area contributed by atoms with E-state index >= 15 is 0 Å². The van der Waals surface area contributed by atoms with Crippen LogP contribution in [0.3, 0.4) is 0 Å². The highest BCUT2D eigenvalue weighted by Crippen LogP contribution is 2.58. The van der Waals surface area contributed by atoms with Crippen molar-refractivity contribution in [1.29, 1.82) is 0 Å². The molecule has 1 aliphatic rings. The Morgan fingerprint density at radius 2 is 1.89 bits per heavy atom. The number of aliphatic carboxylic acids is 1. The number of carbonyl (C=O) groups is 2. The van der Waals surface area contributed by atoms with Crippen molar-refractivity contribution in [3.05, 3.63) is 28.2 Å². The second-order valence-corrected chi connectivity index (χ2v) is 5.99. The van der Waals surface area contributed by atoms with Gasteiger partial charge in [-0.2, -0.15) is 0 Å². The third-order valence-corrected chi connectivity index (χ3v) is 4.40. The number of carbonyl (C=O) groups excluding carboxylic acids is 1. The molecule has 0 bridgehead atoms. The lowest BCUT2D eigenvalue weighted by atomic mass is 10.1. The molecule has 0 radical (unpaired) electrons. The van der Waals surface area contributed by atoms with Gasteiger partial charge in [0.2, 0.25) is 5.91 Å². The number of hydrogen-bond donors (Lipinski definition) is 2. The molecule has 1 aromatic rings. The topological polar surface area (TPSA) is 66.4 Å². The van der Waals surface area contributed by atoms with Crippen molar-refractivity contribution in [1.82, 2.24) is 0 Å². The molecule has 2 N–H and O–H groups in total. The number of nitrogens with one attached hydrogen (secondary N) is 1. The minimum atomic E-state index is -0.956. The predicted molar refractivity (Wildman–Crippen MR) is 73.5 cm³/mol. The Hall–Kier alpha value is -1.26. The normalized spacial score (nSPS) is 23.8. The highest BCUT2D eigenvalue weighted by molar-refractivity contribution is 6.44. The van der Waals surface area contributed by atoms with Gasteiger partial charge in [-0.05, 0) is 17.5 Å². The van der Waals surface area contributed by atoms with Crippen LogP contribution in [0.15, 0.2) is 18.2 Å². The standard InChI is InChI=1S/C13H13Cl2NO3/c1-13(2)8(9(13)12(18)19)11(17)16-7-5-3-4-6(14)10(7)15/h3-5,8-9H,1-2H3,(H,16,17)(H,18,19). The van der Waals surface area contributed by atoms with E-state index in [1.807, 2.05) is 0 Å². The van der Waals surface area contributed by atoms with E-state index in [9.17, 15) is 9.59 Å². The van der Waals surface area contributed by atoms with E-state index in [1.165, 1.54) is 0 Å². The zero-order valence-electron chi connectivity index (χ0n) is 10.4. The van der Waals surface area contributed by atoms with Crippen molar-refractivity contribution < 1.29 is 14.7 Å². The molecule has 0 aromatic heterocycles. The quantitative estimate of drug-likeness (QED) is 0.900. The van der Waals surface area contributed by atoms with Crippen LogP contribution in [0.4, 0.5) is 5.69 Å². The first-order valence-corrected chi connectivity index (χ1v) is 6.50. The Kier molecular flexibility index (Phi) is 3.49. The largest absolute Gasteiger partial charge is 0.481 e. The summed E-state index contributed by atoms with van der Waals surface area (Å²) in [5.74, 6) is -2.52. The highest BCUT2D eigenvalue weighted by atomic mass is 35.5. The molecule has 1 aromatic carbocycles. The number of benzene rings is 1. The van der Waals surface area contributed by atoms with Gasteiger partial charge < -0.3 is 10.4 Å². The van der Waals surface area contributed by atoms with Crippen molar-refractivity contribution in [2.75, 3.05) is 5.32 Å². The molecule has 1 amide bonds. The minimum absolute atomic E-state index is 0.253. The summed E-state index contributed by atoms with van der Waals surface area (Å²) >= 11 is 11.8. The highest BCUT2D eigenvalue weighted by Gasteiger charge is 2.65. The molecule has 6 heteroatoms. The maximum Gasteiger partial charge on any atom is 0.307 e. The van der Waals surface area contributed by atoms with E-state index in [0.717, 1.165) is 0 Å². The molecule has 0 aliphatic heterocycles. The van der Waals surface area contributed by atoms with Crippen LogP contribution in [-0.2, 0) is 9.59 Å². The van der Waals surface area contributed by atoms with Crippen LogP contribution in [0, 0.1) is 17.3 Å². The first-order valence-electron chi connectivity index (χ1n) is 5.74. The second kappa shape index (κ2) is 4.69. The summed E-state index contributed by atoms with van der Waals surface area (Å²) in [6, 6.07) is 4.90. The molecule has 0 heterocycles. The number of amides is 1. The lowest BCUT2D eigenvalue weighted by Crippen LogP contribution is -2.18. The summed E-state index contributed by atoms with van der Waals surface area (Å²) in [7, 11) is 0. The average Bonchev–Trinajstić information content (AvgIpc) is 2.88. The molecule has 19 heavy (non-hydrogen) atoms. The van der Waals surface area contributed by atoms with Gasteiger partial charge >= 0.3 is 5.97 Å². The third-order valence-electron chi connectivity index (χ3n) is 3.59. The van der Waals surface area contributed by atoms with E-state index in [0.29, 0.717) is 10.7 Å². The van der Waals surface area contributed by atoms with Gasteiger partial charge in [0.15, 0.2) is 0 Å². The molecule has 1 fully saturated rings. The number of carboxylic acid groups (broad SMARTS) is 1. The van der Waals surface area contributed by atoms with Crippen LogP contribution in [0.2, 0.25) is 10.0 Å². The van der Waals surface area contributed by atoms with E-state index in [1.54, 1.807) is 32.0 Å². The monoisotopic (exact) mass is 301 g/mol. The summed E-state index contributed by atoms with van der Waals surface area (Å²) in [5, 5.41) is 12.3. The number of halogens is 2. The number of carboxylic acids is 1. The SMILES string of the molecule is CC1(C)C(C(=O)O)C1C(=O)Nc1cccc(Cl)c1Cl. The van der Waals surface area contributed by atoms with E-state index in [-0.39, 0.29) is 10.9 Å². The number of hydrogen-bond acceptors (Lipinski definition) is 2. The van der Waals surface area contributed by atoms with Gasteiger partial charge in [-0.25, -0.2) is 0 Å². The van der Waals surface area contributed by atoms with E-state index in [4.69, 9.17) is 28.3 Å². The zero-order valence-corrected chi connectivity index (χ0v) is 11.9. The van der Waals surface area contributed by atoms with Crippen LogP contribution in [-0.4, -0.2) is 17.0 Å². The molecular weight excluding hydrogens is 289 g/mol. The fraction of sp³-hybridized carbons (Fsp3) is 0.385. The summed E-state index contributed by atoms with van der Waals surface area (Å²) in [5.41, 5.74) is -0.146. The molecule has 1 saturated carbocycles. The van der Waals surface area contributed by atoms with Gasteiger partial charge in [-0.3, -0.25) is 9.59 Å². The van der Waals surface area contributed by atoms with Gasteiger partial charge in [0.05, 0.1) is 27.6 Å². The lowest BCUT2D eigenvalue weighted by molar-refractivity contribution is -0.140. The van der Waals surface area contributed by atoms with Crippen molar-refractivity contribution in [3.8, 4) is 0 Å². The van der Waals surface area contributed by atoms with Gasteiger partial charge in [0.1, 0.15) is 0 Å². The fourth-order valence-corrected chi connectivity index (χ4v) is 2.75. The van der Waals surface area contributed by atoms with E-state index in [2.05, 4.69) is 5.32 Å². The summed E-state index contributed by atoms with van der Waals surface area (Å²) < 4.78 is 0. The molecule has 2 unspecified atom stereocenters. The number of anilines is 1. The molecule has 4 nitrogen and oxygen atoms in total. The Morgan fingerprint density at radius 1 is 1.26 bits per heavy atom. The molecule has 1 aliphatic carbocycles. The van der Waals surface area contributed by atoms with Gasteiger partial charge in [-0.1, -0.05) is 43.1 Å². The summed E-state index contributed by atoms with van der Waals surface area (Å²) in [6.45, 7) is 3.52. The van der Waals surface area contributed by atoms with Crippen molar-refractivity contribution >= 4 is 40.8 Å². The maximum absolute atomic E-state index is 12.1. The minimum Gasteiger partial charge on any atom is -0.481 e. The third kappa shape index (κ3) is 2.42. The first kappa shape index (κ1) is 14.2. The van der Waals surface area contributed by atoms with Crippen LogP contribution in [0.1, 0.15) is 13.8 Å². The van der Waals surface area contributed by atoms with Crippen LogP contribution in [0.25, 0.3) is 0 Å². The Morgan fingerprint density at radius 3 is 2.42 bits per heavy atom. The molecule has 0 spiro atoms. The van der Waals surface area contributed by atoms with Crippen molar-refractivity contribution in [2.45, 2.75) is 13.8 Å². The molecular formula is C13H13Cl2NO3. The zero-order chi connectivity index (χ0) is 14.4. The lowest BCUT2D eigenvalue weighted by Gasteiger charge is -2.08. The molecule has 2 rings (SSSR count). The fourth-order valence-electron chi connectivity index (χ4n) is 2.40. The molecule has 2 atom stereocenters. The second-order valence-electron chi connectivity index (χ2n) is 5.21. The van der Waals surface area contributed by atoms with E-state index < -0.39 is 23.2 Å². The number of rotatable bonds is 3. The molecule has 102 valence electrons. The average molecular weight is 302 g/mol. The van der Waals surface area contributed by atoms with Crippen molar-refractivity contribution in [2.24, 2.45) is 17.3 Å². The van der Waals surface area contributed by atoms with Crippen LogP contribution >= 0.6 is 23.2 Å². The van der Waals surface area contributed by atoms with Crippen LogP contribution < -0.4 is 5.32 Å². The van der Waals surface area contributed by atoms with Gasteiger partial charge in [0.25, 0.3) is 0 Å².